The van der Waals surface area contributed by atoms with Crippen molar-refractivity contribution in [1.29, 1.82) is 5.26 Å². The van der Waals surface area contributed by atoms with E-state index >= 15 is 0 Å². The molecule has 1 N–H and O–H groups in total. The fourth-order valence-corrected chi connectivity index (χ4v) is 3.75. The SMILES string of the molecule is C=CC1=C(C(=O)OC(C)(C)C)N2C(=O)[C@@H](NC(=O)CC#N)[C@H]2SC1. The van der Waals surface area contributed by atoms with Crippen LogP contribution >= 0.6 is 11.8 Å². The lowest BCUT2D eigenvalue weighted by Crippen LogP contribution is -2.70. The number of nitrogens with one attached hydrogen (secondary N) is 1. The second-order valence-corrected chi connectivity index (χ2v) is 7.47. The normalized spacial score (nSPS) is 22.9. The third kappa shape index (κ3) is 3.46. The molecule has 2 amide bonds. The van der Waals surface area contributed by atoms with Crippen molar-refractivity contribution in [1.82, 2.24) is 10.2 Å². The Morgan fingerprint density at radius 1 is 1.54 bits per heavy atom. The van der Waals surface area contributed by atoms with Crippen LogP contribution in [0.2, 0.25) is 0 Å². The fourth-order valence-electron chi connectivity index (χ4n) is 2.41. The van der Waals surface area contributed by atoms with Gasteiger partial charge in [0.15, 0.2) is 0 Å². The lowest BCUT2D eigenvalue weighted by Gasteiger charge is -2.49. The summed E-state index contributed by atoms with van der Waals surface area (Å²) < 4.78 is 5.39. The topological polar surface area (TPSA) is 99.5 Å². The average Bonchev–Trinajstić information content (AvgIpc) is 2.49. The van der Waals surface area contributed by atoms with E-state index in [1.165, 1.54) is 22.7 Å². The maximum absolute atomic E-state index is 12.5. The highest BCUT2D eigenvalue weighted by molar-refractivity contribution is 8.00. The third-order valence-electron chi connectivity index (χ3n) is 3.39. The summed E-state index contributed by atoms with van der Waals surface area (Å²) in [5.74, 6) is -0.998. The molecule has 1 saturated heterocycles. The van der Waals surface area contributed by atoms with Gasteiger partial charge in [0.25, 0.3) is 5.91 Å². The van der Waals surface area contributed by atoms with Gasteiger partial charge in [-0.2, -0.15) is 5.26 Å². The van der Waals surface area contributed by atoms with E-state index < -0.39 is 29.4 Å². The molecule has 0 unspecified atom stereocenters. The minimum absolute atomic E-state index is 0.180. The molecule has 0 aromatic rings. The first kappa shape index (κ1) is 18.1. The van der Waals surface area contributed by atoms with Gasteiger partial charge in [-0.05, 0) is 26.3 Å². The van der Waals surface area contributed by atoms with E-state index in [4.69, 9.17) is 10.00 Å². The Kier molecular flexibility index (Phi) is 5.04. The van der Waals surface area contributed by atoms with Crippen molar-refractivity contribution in [2.24, 2.45) is 0 Å². The summed E-state index contributed by atoms with van der Waals surface area (Å²) in [7, 11) is 0. The molecule has 0 bridgehead atoms. The number of hydrogen-bond donors (Lipinski definition) is 1. The molecule has 2 aliphatic rings. The highest BCUT2D eigenvalue weighted by Gasteiger charge is 2.54. The Morgan fingerprint density at radius 2 is 2.21 bits per heavy atom. The zero-order valence-electron chi connectivity index (χ0n) is 13.8. The summed E-state index contributed by atoms with van der Waals surface area (Å²) in [6.45, 7) is 8.93. The van der Waals surface area contributed by atoms with Gasteiger partial charge in [0.2, 0.25) is 5.91 Å². The summed E-state index contributed by atoms with van der Waals surface area (Å²) in [6.07, 6.45) is 1.23. The average molecular weight is 349 g/mol. The quantitative estimate of drug-likeness (QED) is 0.602. The lowest BCUT2D eigenvalue weighted by atomic mass is 10.0. The summed E-state index contributed by atoms with van der Waals surface area (Å²) in [6, 6.07) is 1.000. The monoisotopic (exact) mass is 349 g/mol. The first-order valence-corrected chi connectivity index (χ1v) is 8.44. The van der Waals surface area contributed by atoms with Gasteiger partial charge >= 0.3 is 5.97 Å². The van der Waals surface area contributed by atoms with Gasteiger partial charge in [-0.1, -0.05) is 12.7 Å². The summed E-state index contributed by atoms with van der Waals surface area (Å²) in [5, 5.41) is 10.7. The summed E-state index contributed by atoms with van der Waals surface area (Å²) in [5.41, 5.74) is 0.116. The molecule has 2 aliphatic heterocycles. The van der Waals surface area contributed by atoms with E-state index in [0.717, 1.165) is 0 Å². The Morgan fingerprint density at radius 3 is 2.75 bits per heavy atom. The second kappa shape index (κ2) is 6.69. The lowest BCUT2D eigenvalue weighted by molar-refractivity contribution is -0.158. The Balaban J connectivity index is 2.22. The molecule has 0 aromatic heterocycles. The number of hydrogen-bond acceptors (Lipinski definition) is 6. The van der Waals surface area contributed by atoms with E-state index in [1.54, 1.807) is 26.8 Å². The van der Waals surface area contributed by atoms with E-state index in [2.05, 4.69) is 11.9 Å². The van der Waals surface area contributed by atoms with Crippen LogP contribution < -0.4 is 5.32 Å². The van der Waals surface area contributed by atoms with Gasteiger partial charge in [0.1, 0.15) is 29.1 Å². The molecular weight excluding hydrogens is 330 g/mol. The van der Waals surface area contributed by atoms with Crippen molar-refractivity contribution >= 4 is 29.5 Å². The number of carbonyl (C=O) groups is 3. The standard InChI is InChI=1S/C16H19N3O4S/c1-5-9-8-24-14-11(18-10(20)6-7-17)13(21)19(14)12(9)15(22)23-16(2,3)4/h5,11,14H,1,6,8H2,2-4H3,(H,18,20)/t11-,14-/m1/s1. The van der Waals surface area contributed by atoms with Crippen molar-refractivity contribution in [3.05, 3.63) is 23.9 Å². The Hall–Kier alpha value is -2.27. The van der Waals surface area contributed by atoms with Gasteiger partial charge in [-0.15, -0.1) is 11.8 Å². The summed E-state index contributed by atoms with van der Waals surface area (Å²) >= 11 is 1.43. The Labute approximate surface area is 144 Å². The molecule has 2 rings (SSSR count). The van der Waals surface area contributed by atoms with Crippen LogP contribution in [0, 0.1) is 11.3 Å². The molecule has 128 valence electrons. The maximum Gasteiger partial charge on any atom is 0.355 e. The third-order valence-corrected chi connectivity index (χ3v) is 4.69. The van der Waals surface area contributed by atoms with Crippen molar-refractivity contribution in [2.45, 2.75) is 44.2 Å². The van der Waals surface area contributed by atoms with E-state index in [1.807, 2.05) is 0 Å². The maximum atomic E-state index is 12.5. The minimum atomic E-state index is -0.736. The Bertz CT molecular complexity index is 672. The van der Waals surface area contributed by atoms with Crippen molar-refractivity contribution in [2.75, 3.05) is 5.75 Å². The predicted octanol–water partition coefficient (Wildman–Crippen LogP) is 1.08. The molecule has 2 atom stereocenters. The molecule has 0 radical (unpaired) electrons. The predicted molar refractivity (Wildman–Crippen MR) is 88.3 cm³/mol. The number of ether oxygens (including phenoxy) is 1. The number of thioether (sulfide) groups is 1. The second-order valence-electron chi connectivity index (χ2n) is 6.37. The number of fused-ring (bicyclic) bond motifs is 1. The number of esters is 1. The van der Waals surface area contributed by atoms with Crippen molar-refractivity contribution in [3.63, 3.8) is 0 Å². The van der Waals surface area contributed by atoms with Gasteiger partial charge in [-0.25, -0.2) is 4.79 Å². The molecule has 8 heteroatoms. The summed E-state index contributed by atoms with van der Waals surface area (Å²) in [4.78, 5) is 37.8. The largest absolute Gasteiger partial charge is 0.455 e. The zero-order valence-corrected chi connectivity index (χ0v) is 14.6. The van der Waals surface area contributed by atoms with Gasteiger partial charge < -0.3 is 10.1 Å². The van der Waals surface area contributed by atoms with Gasteiger partial charge in [-0.3, -0.25) is 14.5 Å². The van der Waals surface area contributed by atoms with Crippen molar-refractivity contribution in [3.8, 4) is 6.07 Å². The first-order chi connectivity index (χ1) is 11.2. The van der Waals surface area contributed by atoms with Crippen LogP contribution in [0.3, 0.4) is 0 Å². The van der Waals surface area contributed by atoms with Crippen molar-refractivity contribution < 1.29 is 19.1 Å². The van der Waals surface area contributed by atoms with E-state index in [9.17, 15) is 14.4 Å². The molecular formula is C16H19N3O4S. The molecule has 7 nitrogen and oxygen atoms in total. The van der Waals surface area contributed by atoms with Crippen LogP contribution in [-0.2, 0) is 19.1 Å². The number of nitriles is 1. The fraction of sp³-hybridized carbons (Fsp3) is 0.500. The van der Waals surface area contributed by atoms with Crippen LogP contribution in [0.1, 0.15) is 27.2 Å². The van der Waals surface area contributed by atoms with Gasteiger partial charge in [0, 0.05) is 5.75 Å². The van der Waals surface area contributed by atoms with Crippen LogP contribution in [0.25, 0.3) is 0 Å². The van der Waals surface area contributed by atoms with E-state index in [-0.39, 0.29) is 17.5 Å². The molecule has 0 aromatic carbocycles. The zero-order chi connectivity index (χ0) is 18.1. The number of allylic oxidation sites excluding steroid dienone is 1. The molecule has 1 fully saturated rings. The molecule has 0 aliphatic carbocycles. The number of carbonyl (C=O) groups excluding carboxylic acids is 3. The number of β-lactam (4-membered cyclic amide) rings is 1. The number of amides is 2. The molecule has 2 heterocycles. The minimum Gasteiger partial charge on any atom is -0.455 e. The highest BCUT2D eigenvalue weighted by atomic mass is 32.2. The first-order valence-electron chi connectivity index (χ1n) is 7.39. The molecule has 0 spiro atoms. The van der Waals surface area contributed by atoms with Crippen LogP contribution in [0.4, 0.5) is 0 Å². The number of nitrogens with zero attached hydrogens (tertiary/aromatic N) is 2. The highest BCUT2D eigenvalue weighted by Crippen LogP contribution is 2.41. The van der Waals surface area contributed by atoms with Gasteiger partial charge in [0.05, 0.1) is 6.07 Å². The van der Waals surface area contributed by atoms with Crippen LogP contribution in [-0.4, -0.2) is 45.5 Å². The van der Waals surface area contributed by atoms with Crippen LogP contribution in [0.5, 0.6) is 0 Å². The molecule has 0 saturated carbocycles. The smallest absolute Gasteiger partial charge is 0.355 e. The molecule has 24 heavy (non-hydrogen) atoms. The number of rotatable bonds is 4. The van der Waals surface area contributed by atoms with E-state index in [0.29, 0.717) is 11.3 Å². The van der Waals surface area contributed by atoms with Crippen LogP contribution in [0.15, 0.2) is 23.9 Å².